The molecule has 0 aromatic carbocycles. The molecule has 6 heteroatoms. The Hall–Kier alpha value is -2.73. The number of hydrogen-bond acceptors (Lipinski definition) is 4. The first-order valence-electron chi connectivity index (χ1n) is 6.81. The summed E-state index contributed by atoms with van der Waals surface area (Å²) in [4.78, 5) is 22.1. The van der Waals surface area contributed by atoms with E-state index < -0.39 is 0 Å². The fourth-order valence-electron chi connectivity index (χ4n) is 2.48. The zero-order valence-electron chi connectivity index (χ0n) is 11.8. The summed E-state index contributed by atoms with van der Waals surface area (Å²) in [5, 5.41) is 5.17. The van der Waals surface area contributed by atoms with Gasteiger partial charge in [0.05, 0.1) is 16.3 Å². The molecule has 0 aliphatic heterocycles. The van der Waals surface area contributed by atoms with Crippen molar-refractivity contribution in [3.8, 4) is 21.8 Å². The van der Waals surface area contributed by atoms with Gasteiger partial charge in [0.2, 0.25) is 0 Å². The highest BCUT2D eigenvalue weighted by Crippen LogP contribution is 2.28. The van der Waals surface area contributed by atoms with Gasteiger partial charge >= 0.3 is 0 Å². The topological polar surface area (TPSA) is 63.0 Å². The molecule has 4 aromatic heterocycles. The third-order valence-electron chi connectivity index (χ3n) is 3.60. The van der Waals surface area contributed by atoms with Gasteiger partial charge in [0.15, 0.2) is 5.65 Å². The van der Waals surface area contributed by atoms with Crippen LogP contribution in [-0.2, 0) is 0 Å². The minimum absolute atomic E-state index is 0.122. The first kappa shape index (κ1) is 13.0. The molecule has 4 heterocycles. The third kappa shape index (κ3) is 1.96. The Morgan fingerprint density at radius 3 is 2.77 bits per heavy atom. The summed E-state index contributed by atoms with van der Waals surface area (Å²) < 4.78 is 1.50. The molecule has 0 saturated carbocycles. The molecule has 0 aliphatic rings. The fourth-order valence-corrected chi connectivity index (χ4v) is 3.26. The number of pyridine rings is 1. The van der Waals surface area contributed by atoms with Crippen LogP contribution in [0, 0.1) is 6.92 Å². The maximum Gasteiger partial charge on any atom is 0.273 e. The van der Waals surface area contributed by atoms with E-state index in [1.165, 1.54) is 10.6 Å². The lowest BCUT2D eigenvalue weighted by atomic mass is 10.2. The average molecular weight is 308 g/mol. The van der Waals surface area contributed by atoms with E-state index >= 15 is 0 Å². The average Bonchev–Trinajstić information content (AvgIpc) is 3.17. The van der Waals surface area contributed by atoms with Gasteiger partial charge in [0.1, 0.15) is 0 Å². The van der Waals surface area contributed by atoms with Crippen LogP contribution in [0.2, 0.25) is 0 Å². The molecule has 5 nitrogen and oxygen atoms in total. The van der Waals surface area contributed by atoms with Gasteiger partial charge < -0.3 is 0 Å². The zero-order chi connectivity index (χ0) is 15.1. The highest BCUT2D eigenvalue weighted by atomic mass is 32.1. The molecule has 0 amide bonds. The molecule has 0 spiro atoms. The molecule has 0 saturated heterocycles. The van der Waals surface area contributed by atoms with Crippen molar-refractivity contribution in [2.24, 2.45) is 0 Å². The lowest BCUT2D eigenvalue weighted by Gasteiger charge is -2.00. The lowest BCUT2D eigenvalue weighted by molar-refractivity contribution is 0.905. The van der Waals surface area contributed by atoms with Gasteiger partial charge in [0.25, 0.3) is 5.56 Å². The quantitative estimate of drug-likeness (QED) is 0.619. The van der Waals surface area contributed by atoms with Crippen molar-refractivity contribution in [1.82, 2.24) is 19.6 Å². The number of aromatic nitrogens is 4. The van der Waals surface area contributed by atoms with E-state index in [0.717, 1.165) is 21.7 Å². The second-order valence-corrected chi connectivity index (χ2v) is 5.91. The van der Waals surface area contributed by atoms with Crippen molar-refractivity contribution >= 4 is 17.0 Å². The number of nitrogens with zero attached hydrogens (tertiary/aromatic N) is 3. The van der Waals surface area contributed by atoms with E-state index in [1.54, 1.807) is 23.7 Å². The summed E-state index contributed by atoms with van der Waals surface area (Å²) in [6, 6.07) is 9.25. The molecule has 0 bridgehead atoms. The minimum atomic E-state index is -0.122. The van der Waals surface area contributed by atoms with E-state index in [0.29, 0.717) is 11.3 Å². The number of rotatable bonds is 2. The second kappa shape index (κ2) is 4.92. The van der Waals surface area contributed by atoms with Crippen molar-refractivity contribution in [3.05, 3.63) is 64.0 Å². The SMILES string of the molecule is Cc1c(-c2cccs2)[nH]n2c(=O)cc(-c3ccncc3)nc12. The molecule has 0 aliphatic carbocycles. The Morgan fingerprint density at radius 2 is 2.05 bits per heavy atom. The summed E-state index contributed by atoms with van der Waals surface area (Å²) in [5.41, 5.74) is 3.98. The number of H-pyrrole nitrogens is 1. The molecule has 4 rings (SSSR count). The summed E-state index contributed by atoms with van der Waals surface area (Å²) in [5.74, 6) is 0. The van der Waals surface area contributed by atoms with Crippen molar-refractivity contribution < 1.29 is 0 Å². The van der Waals surface area contributed by atoms with Gasteiger partial charge in [-0.25, -0.2) is 9.50 Å². The largest absolute Gasteiger partial charge is 0.288 e. The van der Waals surface area contributed by atoms with E-state index in [2.05, 4.69) is 15.1 Å². The Kier molecular flexibility index (Phi) is 2.90. The number of aryl methyl sites for hydroxylation is 1. The maximum atomic E-state index is 12.4. The first-order chi connectivity index (χ1) is 10.7. The van der Waals surface area contributed by atoms with Crippen LogP contribution in [0.4, 0.5) is 0 Å². The molecular weight excluding hydrogens is 296 g/mol. The Balaban J connectivity index is 1.99. The number of fused-ring (bicyclic) bond motifs is 1. The van der Waals surface area contributed by atoms with Crippen molar-refractivity contribution in [3.63, 3.8) is 0 Å². The molecule has 22 heavy (non-hydrogen) atoms. The van der Waals surface area contributed by atoms with Gasteiger partial charge in [-0.3, -0.25) is 14.9 Å². The summed E-state index contributed by atoms with van der Waals surface area (Å²) in [6.45, 7) is 1.98. The van der Waals surface area contributed by atoms with Gasteiger partial charge in [0, 0.05) is 29.6 Å². The molecule has 0 atom stereocenters. The summed E-state index contributed by atoms with van der Waals surface area (Å²) in [7, 11) is 0. The Morgan fingerprint density at radius 1 is 1.23 bits per heavy atom. The van der Waals surface area contributed by atoms with Crippen molar-refractivity contribution in [2.75, 3.05) is 0 Å². The molecule has 4 aromatic rings. The van der Waals surface area contributed by atoms with Gasteiger partial charge in [-0.05, 0) is 30.5 Å². The van der Waals surface area contributed by atoms with Crippen LogP contribution < -0.4 is 5.56 Å². The number of nitrogens with one attached hydrogen (secondary N) is 1. The van der Waals surface area contributed by atoms with Crippen LogP contribution in [-0.4, -0.2) is 19.6 Å². The van der Waals surface area contributed by atoms with Crippen LogP contribution >= 0.6 is 11.3 Å². The van der Waals surface area contributed by atoms with Crippen LogP contribution in [0.15, 0.2) is 52.9 Å². The summed E-state index contributed by atoms with van der Waals surface area (Å²) >= 11 is 1.63. The maximum absolute atomic E-state index is 12.4. The minimum Gasteiger partial charge on any atom is -0.288 e. The number of thiophene rings is 1. The molecule has 1 N–H and O–H groups in total. The number of aromatic amines is 1. The third-order valence-corrected chi connectivity index (χ3v) is 4.48. The van der Waals surface area contributed by atoms with Crippen LogP contribution in [0.1, 0.15) is 5.56 Å². The smallest absolute Gasteiger partial charge is 0.273 e. The fraction of sp³-hybridized carbons (Fsp3) is 0.0625. The highest BCUT2D eigenvalue weighted by molar-refractivity contribution is 7.13. The molecule has 0 fully saturated rings. The van der Waals surface area contributed by atoms with Gasteiger partial charge in [-0.1, -0.05) is 6.07 Å². The van der Waals surface area contributed by atoms with E-state index in [1.807, 2.05) is 36.6 Å². The highest BCUT2D eigenvalue weighted by Gasteiger charge is 2.14. The van der Waals surface area contributed by atoms with Gasteiger partial charge in [-0.2, -0.15) is 0 Å². The molecule has 0 radical (unpaired) electrons. The first-order valence-corrected chi connectivity index (χ1v) is 7.68. The van der Waals surface area contributed by atoms with E-state index in [-0.39, 0.29) is 5.56 Å². The number of hydrogen-bond donors (Lipinski definition) is 1. The lowest BCUT2D eigenvalue weighted by Crippen LogP contribution is -2.14. The summed E-state index contributed by atoms with van der Waals surface area (Å²) in [6.07, 6.45) is 3.39. The van der Waals surface area contributed by atoms with E-state index in [9.17, 15) is 4.79 Å². The van der Waals surface area contributed by atoms with Crippen molar-refractivity contribution in [2.45, 2.75) is 6.92 Å². The molecule has 0 unspecified atom stereocenters. The Bertz CT molecular complexity index is 1000. The second-order valence-electron chi connectivity index (χ2n) is 4.96. The molecule has 108 valence electrons. The van der Waals surface area contributed by atoms with Gasteiger partial charge in [-0.15, -0.1) is 11.3 Å². The molecular formula is C16H12N4OS. The zero-order valence-corrected chi connectivity index (χ0v) is 12.6. The predicted molar refractivity (Wildman–Crippen MR) is 87.1 cm³/mol. The van der Waals surface area contributed by atoms with Crippen LogP contribution in [0.5, 0.6) is 0 Å². The predicted octanol–water partition coefficient (Wildman–Crippen LogP) is 3.12. The monoisotopic (exact) mass is 308 g/mol. The van der Waals surface area contributed by atoms with Crippen molar-refractivity contribution in [1.29, 1.82) is 0 Å². The van der Waals surface area contributed by atoms with Crippen LogP contribution in [0.3, 0.4) is 0 Å². The van der Waals surface area contributed by atoms with E-state index in [4.69, 9.17) is 0 Å². The Labute approximate surface area is 129 Å². The normalized spacial score (nSPS) is 11.1. The standard InChI is InChI=1S/C16H12N4OS/c1-10-15(13-3-2-8-22-13)19-20-14(21)9-12(18-16(10)20)11-4-6-17-7-5-11/h2-9,19H,1H3. The van der Waals surface area contributed by atoms with Crippen LogP contribution in [0.25, 0.3) is 27.5 Å².